The number of nitrogens with one attached hydrogen (secondary N) is 1. The van der Waals surface area contributed by atoms with E-state index in [2.05, 4.69) is 31.3 Å². The van der Waals surface area contributed by atoms with Gasteiger partial charge in [-0.3, -0.25) is 4.79 Å². The number of aliphatic hydroxyl groups excluding tert-OH is 5. The SMILES string of the molecule is CCCCCCCCCCCCCCCCCCCCCCCCCC/C=C/CC/C=C/C(O)C(COC1OC(CO)C(O)C(O)C1O)NC(=O)CCCCCCCCCCCCCCCCCCCCCCCCCC. The minimum Gasteiger partial charge on any atom is -0.394 e. The van der Waals surface area contributed by atoms with Gasteiger partial charge in [-0.25, -0.2) is 0 Å². The van der Waals surface area contributed by atoms with E-state index in [1.54, 1.807) is 6.08 Å². The second-order valence-electron chi connectivity index (χ2n) is 24.0. The summed E-state index contributed by atoms with van der Waals surface area (Å²) in [6, 6.07) is -0.820. The molecule has 0 radical (unpaired) electrons. The number of hydrogen-bond donors (Lipinski definition) is 6. The number of carbonyl (C=O) groups excluding carboxylic acids is 1. The molecule has 1 aliphatic heterocycles. The number of unbranched alkanes of at least 4 members (excludes halogenated alkanes) is 48. The van der Waals surface area contributed by atoms with Gasteiger partial charge in [0.25, 0.3) is 0 Å². The first-order chi connectivity index (χ1) is 37.8. The van der Waals surface area contributed by atoms with Crippen molar-refractivity contribution in [2.75, 3.05) is 13.2 Å². The standard InChI is InChI=1S/C68H131NO8/c1-3-5-7-9-11-13-15-17-19-21-23-25-27-29-30-31-32-33-34-35-37-39-41-43-45-47-49-51-53-55-57-62(71)61(60-76-68-67(75)66(74)65(73)63(59-70)77-68)69-64(72)58-56-54-52-50-48-46-44-42-40-38-36-28-26-24-22-20-18-16-14-12-10-8-6-4-2/h47,49,55,57,61-63,65-68,70-71,73-75H,3-46,48,50-54,56,58-60H2,1-2H3,(H,69,72)/b49-47+,57-55+. The molecule has 77 heavy (non-hydrogen) atoms. The van der Waals surface area contributed by atoms with Crippen LogP contribution in [0.15, 0.2) is 24.3 Å². The van der Waals surface area contributed by atoms with Crippen LogP contribution in [-0.4, -0.2) is 87.5 Å². The molecule has 0 bridgehead atoms. The molecule has 1 amide bonds. The molecular formula is C68H131NO8. The molecule has 6 N–H and O–H groups in total. The molecule has 0 spiro atoms. The third-order valence-electron chi connectivity index (χ3n) is 16.5. The highest BCUT2D eigenvalue weighted by atomic mass is 16.7. The highest BCUT2D eigenvalue weighted by Crippen LogP contribution is 2.23. The van der Waals surface area contributed by atoms with Gasteiger partial charge in [-0.2, -0.15) is 0 Å². The quantitative estimate of drug-likeness (QED) is 0.0261. The zero-order valence-corrected chi connectivity index (χ0v) is 51.0. The second-order valence-corrected chi connectivity index (χ2v) is 24.0. The summed E-state index contributed by atoms with van der Waals surface area (Å²) < 4.78 is 11.3. The smallest absolute Gasteiger partial charge is 0.220 e. The summed E-state index contributed by atoms with van der Waals surface area (Å²) in [6.07, 6.45) is 68.6. The highest BCUT2D eigenvalue weighted by Gasteiger charge is 2.44. The molecule has 1 heterocycles. The number of hydrogen-bond acceptors (Lipinski definition) is 8. The van der Waals surface area contributed by atoms with Gasteiger partial charge >= 0.3 is 0 Å². The van der Waals surface area contributed by atoms with Crippen molar-refractivity contribution >= 4 is 5.91 Å². The Labute approximate surface area is 477 Å². The zero-order valence-electron chi connectivity index (χ0n) is 51.0. The molecule has 0 aliphatic carbocycles. The van der Waals surface area contributed by atoms with E-state index in [0.29, 0.717) is 6.42 Å². The van der Waals surface area contributed by atoms with Crippen LogP contribution in [0, 0.1) is 0 Å². The van der Waals surface area contributed by atoms with E-state index in [-0.39, 0.29) is 12.5 Å². The van der Waals surface area contributed by atoms with Gasteiger partial charge < -0.3 is 40.3 Å². The Morgan fingerprint density at radius 1 is 0.429 bits per heavy atom. The first kappa shape index (κ1) is 73.7. The fraction of sp³-hybridized carbons (Fsp3) is 0.926. The predicted molar refractivity (Wildman–Crippen MR) is 327 cm³/mol. The third kappa shape index (κ3) is 46.9. The van der Waals surface area contributed by atoms with Gasteiger partial charge in [0.15, 0.2) is 6.29 Å². The molecule has 0 aromatic carbocycles. The van der Waals surface area contributed by atoms with E-state index in [9.17, 15) is 30.3 Å². The average Bonchev–Trinajstić information content (AvgIpc) is 3.43. The predicted octanol–water partition coefficient (Wildman–Crippen LogP) is 18.1. The minimum absolute atomic E-state index is 0.178. The van der Waals surface area contributed by atoms with Crippen molar-refractivity contribution in [3.8, 4) is 0 Å². The van der Waals surface area contributed by atoms with Crippen molar-refractivity contribution in [1.82, 2.24) is 5.32 Å². The third-order valence-corrected chi connectivity index (χ3v) is 16.5. The van der Waals surface area contributed by atoms with E-state index in [4.69, 9.17) is 9.47 Å². The van der Waals surface area contributed by atoms with Gasteiger partial charge in [-0.05, 0) is 32.1 Å². The summed E-state index contributed by atoms with van der Waals surface area (Å²) in [5.41, 5.74) is 0. The molecule has 1 aliphatic rings. The van der Waals surface area contributed by atoms with Crippen molar-refractivity contribution in [3.05, 3.63) is 24.3 Å². The van der Waals surface area contributed by atoms with Crippen molar-refractivity contribution in [2.45, 2.75) is 391 Å². The maximum Gasteiger partial charge on any atom is 0.220 e. The van der Waals surface area contributed by atoms with Gasteiger partial charge in [0, 0.05) is 6.42 Å². The Hall–Kier alpha value is -1.33. The number of rotatable bonds is 60. The van der Waals surface area contributed by atoms with E-state index in [1.807, 2.05) is 6.08 Å². The summed E-state index contributed by atoms with van der Waals surface area (Å²) in [7, 11) is 0. The number of carbonyl (C=O) groups is 1. The molecule has 1 fully saturated rings. The molecule has 0 aromatic rings. The fourth-order valence-electron chi connectivity index (χ4n) is 11.2. The van der Waals surface area contributed by atoms with Crippen LogP contribution in [0.5, 0.6) is 0 Å². The molecule has 456 valence electrons. The first-order valence-corrected chi connectivity index (χ1v) is 34.1. The Morgan fingerprint density at radius 3 is 1.09 bits per heavy atom. The molecule has 7 unspecified atom stereocenters. The van der Waals surface area contributed by atoms with E-state index in [1.165, 1.54) is 289 Å². The van der Waals surface area contributed by atoms with Gasteiger partial charge in [-0.1, -0.05) is 334 Å². The fourth-order valence-corrected chi connectivity index (χ4v) is 11.2. The topological polar surface area (TPSA) is 149 Å². The molecule has 0 aromatic heterocycles. The van der Waals surface area contributed by atoms with Crippen molar-refractivity contribution in [3.63, 3.8) is 0 Å². The molecular weight excluding hydrogens is 959 g/mol. The summed E-state index contributed by atoms with van der Waals surface area (Å²) in [4.78, 5) is 13.1. The molecule has 1 rings (SSSR count). The van der Waals surface area contributed by atoms with Gasteiger partial charge in [0.2, 0.25) is 5.91 Å². The lowest BCUT2D eigenvalue weighted by Gasteiger charge is -2.40. The summed E-state index contributed by atoms with van der Waals surface area (Å²) >= 11 is 0. The van der Waals surface area contributed by atoms with E-state index >= 15 is 0 Å². The van der Waals surface area contributed by atoms with E-state index in [0.717, 1.165) is 38.5 Å². The average molecular weight is 1090 g/mol. The molecule has 7 atom stereocenters. The Balaban J connectivity index is 2.15. The molecule has 1 saturated heterocycles. The maximum atomic E-state index is 13.1. The van der Waals surface area contributed by atoms with Gasteiger partial charge in [-0.15, -0.1) is 0 Å². The van der Waals surface area contributed by atoms with Crippen LogP contribution in [0.1, 0.15) is 348 Å². The lowest BCUT2D eigenvalue weighted by Crippen LogP contribution is -2.60. The molecule has 0 saturated carbocycles. The highest BCUT2D eigenvalue weighted by molar-refractivity contribution is 5.76. The number of allylic oxidation sites excluding steroid dienone is 3. The molecule has 9 heteroatoms. The van der Waals surface area contributed by atoms with Crippen LogP contribution in [0.4, 0.5) is 0 Å². The first-order valence-electron chi connectivity index (χ1n) is 34.1. The summed E-state index contributed by atoms with van der Waals surface area (Å²) in [6.45, 7) is 3.82. The monoisotopic (exact) mass is 1090 g/mol. The number of aliphatic hydroxyl groups is 5. The Kier molecular flexibility index (Phi) is 55.4. The zero-order chi connectivity index (χ0) is 55.8. The van der Waals surface area contributed by atoms with Gasteiger partial charge in [0.05, 0.1) is 25.4 Å². The number of amides is 1. The number of ether oxygens (including phenoxy) is 2. The second kappa shape index (κ2) is 57.9. The van der Waals surface area contributed by atoms with Crippen molar-refractivity contribution in [2.24, 2.45) is 0 Å². The largest absolute Gasteiger partial charge is 0.394 e. The Morgan fingerprint density at radius 2 is 0.740 bits per heavy atom. The maximum absolute atomic E-state index is 13.1. The lowest BCUT2D eigenvalue weighted by molar-refractivity contribution is -0.302. The van der Waals surface area contributed by atoms with Crippen LogP contribution in [-0.2, 0) is 14.3 Å². The summed E-state index contributed by atoms with van der Waals surface area (Å²) in [5.74, 6) is -0.178. The van der Waals surface area contributed by atoms with Gasteiger partial charge in [0.1, 0.15) is 24.4 Å². The minimum atomic E-state index is -1.57. The van der Waals surface area contributed by atoms with E-state index < -0.39 is 49.5 Å². The molecule has 9 nitrogen and oxygen atoms in total. The van der Waals surface area contributed by atoms with Crippen LogP contribution in [0.25, 0.3) is 0 Å². The van der Waals surface area contributed by atoms with Crippen LogP contribution in [0.3, 0.4) is 0 Å². The van der Waals surface area contributed by atoms with Crippen LogP contribution in [0.2, 0.25) is 0 Å². The van der Waals surface area contributed by atoms with Crippen molar-refractivity contribution < 1.29 is 39.8 Å². The van der Waals surface area contributed by atoms with Crippen LogP contribution < -0.4 is 5.32 Å². The van der Waals surface area contributed by atoms with Crippen LogP contribution >= 0.6 is 0 Å². The van der Waals surface area contributed by atoms with Crippen molar-refractivity contribution in [1.29, 1.82) is 0 Å². The Bertz CT molecular complexity index is 1260. The lowest BCUT2D eigenvalue weighted by atomic mass is 9.99. The normalized spacial score (nSPS) is 18.8. The summed E-state index contributed by atoms with van der Waals surface area (Å²) in [5, 5.41) is 54.7.